The van der Waals surface area contributed by atoms with Crippen molar-refractivity contribution in [3.63, 3.8) is 0 Å². The normalized spacial score (nSPS) is 14.7. The van der Waals surface area contributed by atoms with Crippen LogP contribution >= 0.6 is 0 Å². The Kier molecular flexibility index (Phi) is 12.3. The molecule has 4 N–H and O–H groups in total. The lowest BCUT2D eigenvalue weighted by atomic mass is 9.96. The van der Waals surface area contributed by atoms with Gasteiger partial charge in [0, 0.05) is 26.2 Å². The first-order valence-electron chi connectivity index (χ1n) is 12.0. The van der Waals surface area contributed by atoms with Crippen molar-refractivity contribution in [3.05, 3.63) is 65.7 Å². The molecule has 2 aromatic carbocycles. The van der Waals surface area contributed by atoms with E-state index in [2.05, 4.69) is 53.3 Å². The minimum atomic E-state index is -2.74. The molecule has 0 amide bonds. The Morgan fingerprint density at radius 3 is 2.18 bits per heavy atom. The van der Waals surface area contributed by atoms with Crippen LogP contribution < -0.4 is 4.74 Å². The lowest BCUT2D eigenvalue weighted by Crippen LogP contribution is -2.42. The Morgan fingerprint density at radius 1 is 1.00 bits per heavy atom. The number of aliphatic hydroxyl groups is 1. The highest BCUT2D eigenvalue weighted by molar-refractivity contribution is 5.88. The van der Waals surface area contributed by atoms with Gasteiger partial charge in [0.2, 0.25) is 0 Å². The molecule has 38 heavy (non-hydrogen) atoms. The molecule has 10 heteroatoms. The van der Waals surface area contributed by atoms with E-state index in [9.17, 15) is 14.4 Å². The minimum Gasteiger partial charge on any atom is -0.481 e. The predicted octanol–water partition coefficient (Wildman–Crippen LogP) is 2.63. The molecule has 1 unspecified atom stereocenters. The molecule has 1 atom stereocenters. The zero-order chi connectivity index (χ0) is 28.0. The van der Waals surface area contributed by atoms with Gasteiger partial charge in [0.1, 0.15) is 12.4 Å². The number of hydrogen-bond acceptors (Lipinski definition) is 7. The first-order chi connectivity index (χ1) is 18.1. The fourth-order valence-corrected chi connectivity index (χ4v) is 3.93. The quantitative estimate of drug-likeness (QED) is 0.286. The van der Waals surface area contributed by atoms with Crippen molar-refractivity contribution in [1.29, 1.82) is 0 Å². The van der Waals surface area contributed by atoms with Crippen molar-refractivity contribution in [2.24, 2.45) is 0 Å². The van der Waals surface area contributed by atoms with Crippen LogP contribution in [0.3, 0.4) is 0 Å². The molecule has 1 aliphatic rings. The summed E-state index contributed by atoms with van der Waals surface area (Å²) in [4.78, 5) is 32.9. The summed E-state index contributed by atoms with van der Waals surface area (Å²) in [5.41, 5.74) is -0.193. The first-order valence-corrected chi connectivity index (χ1v) is 12.0. The van der Waals surface area contributed by atoms with Crippen molar-refractivity contribution in [1.82, 2.24) is 4.90 Å². The van der Waals surface area contributed by atoms with E-state index < -0.39 is 36.4 Å². The molecule has 1 saturated heterocycles. The second-order valence-electron chi connectivity index (χ2n) is 8.91. The van der Waals surface area contributed by atoms with Crippen molar-refractivity contribution in [2.45, 2.75) is 50.5 Å². The van der Waals surface area contributed by atoms with Crippen molar-refractivity contribution in [2.75, 3.05) is 19.8 Å². The highest BCUT2D eigenvalue weighted by atomic mass is 16.5. The summed E-state index contributed by atoms with van der Waals surface area (Å²) in [5.74, 6) is -1.68. The van der Waals surface area contributed by atoms with E-state index in [0.717, 1.165) is 38.4 Å². The second kappa shape index (κ2) is 15.4. The number of nitrogens with zero attached hydrogens (tertiary/aromatic N) is 1. The third-order valence-corrected chi connectivity index (χ3v) is 5.65. The number of terminal acetylenes is 1. The lowest BCUT2D eigenvalue weighted by Gasteiger charge is -2.25. The van der Waals surface area contributed by atoms with E-state index in [1.807, 2.05) is 12.1 Å². The van der Waals surface area contributed by atoms with Gasteiger partial charge in [-0.05, 0) is 36.1 Å². The smallest absolute Gasteiger partial charge is 0.336 e. The lowest BCUT2D eigenvalue weighted by molar-refractivity contribution is -0.170. The number of hydrogen-bond donors (Lipinski definition) is 4. The molecule has 0 aromatic heterocycles. The van der Waals surface area contributed by atoms with Crippen LogP contribution in [0.15, 0.2) is 54.6 Å². The van der Waals surface area contributed by atoms with E-state index in [1.54, 1.807) is 0 Å². The molecule has 0 radical (unpaired) electrons. The molecule has 0 aliphatic carbocycles. The second-order valence-corrected chi connectivity index (χ2v) is 8.91. The molecule has 3 rings (SSSR count). The molecule has 2 aromatic rings. The van der Waals surface area contributed by atoms with Gasteiger partial charge in [-0.3, -0.25) is 14.5 Å². The minimum absolute atomic E-state index is 0.299. The summed E-state index contributed by atoms with van der Waals surface area (Å²) in [6, 6.07) is 18.8. The Hall–Kier alpha value is -3.91. The molecule has 10 nitrogen and oxygen atoms in total. The van der Waals surface area contributed by atoms with E-state index in [-0.39, 0.29) is 0 Å². The molecular weight excluding hydrogens is 494 g/mol. The van der Waals surface area contributed by atoms with Gasteiger partial charge in [-0.25, -0.2) is 4.79 Å². The average molecular weight is 528 g/mol. The van der Waals surface area contributed by atoms with Gasteiger partial charge in [-0.1, -0.05) is 48.4 Å². The fourth-order valence-electron chi connectivity index (χ4n) is 3.93. The molecule has 204 valence electrons. The van der Waals surface area contributed by atoms with Crippen LogP contribution in [0.2, 0.25) is 0 Å². The number of rotatable bonds is 13. The Bertz CT molecular complexity index is 1080. The van der Waals surface area contributed by atoms with Gasteiger partial charge in [0.25, 0.3) is 0 Å². The van der Waals surface area contributed by atoms with Gasteiger partial charge in [0.15, 0.2) is 5.60 Å². The van der Waals surface area contributed by atoms with E-state index in [0.29, 0.717) is 12.7 Å². The monoisotopic (exact) mass is 527 g/mol. The van der Waals surface area contributed by atoms with Crippen LogP contribution in [-0.2, 0) is 32.2 Å². The zero-order valence-corrected chi connectivity index (χ0v) is 21.0. The molecular formula is C28H33NO9. The summed E-state index contributed by atoms with van der Waals surface area (Å²) < 4.78 is 11.4. The molecule has 1 fully saturated rings. The third kappa shape index (κ3) is 11.0. The fraction of sp³-hybridized carbons (Fsp3) is 0.393. The first kappa shape index (κ1) is 30.3. The van der Waals surface area contributed by atoms with Gasteiger partial charge in [0.05, 0.1) is 18.9 Å². The standard InChI is InChI=1S/C22H25NO2.C6H8O7/c1-2-13-24-21-11-6-10-20(15-21)17-23(18-22-12-7-14-25-22)16-19-8-4-3-5-9-19;7-3(8)1-6(13,5(11)12)2-4(9)10/h1,3-6,8-11,15,22H,7,12-14,16-18H2;13H,1-2H2,(H,7,8)(H,9,10)(H,11,12). The molecule has 0 spiro atoms. The van der Waals surface area contributed by atoms with Crippen LogP contribution in [-0.4, -0.2) is 74.7 Å². The van der Waals surface area contributed by atoms with E-state index in [4.69, 9.17) is 36.3 Å². The number of ether oxygens (including phenoxy) is 2. The molecule has 1 heterocycles. The van der Waals surface area contributed by atoms with Gasteiger partial charge in [-0.15, -0.1) is 6.42 Å². The van der Waals surface area contributed by atoms with Crippen LogP contribution in [0.4, 0.5) is 0 Å². The molecule has 0 bridgehead atoms. The van der Waals surface area contributed by atoms with Crippen molar-refractivity contribution < 1.29 is 44.3 Å². The summed E-state index contributed by atoms with van der Waals surface area (Å²) in [6.45, 7) is 3.91. The number of benzene rings is 2. The van der Waals surface area contributed by atoms with Crippen LogP contribution in [0.1, 0.15) is 36.8 Å². The molecule has 1 aliphatic heterocycles. The highest BCUT2D eigenvalue weighted by Gasteiger charge is 2.40. The topological polar surface area (TPSA) is 154 Å². The maximum Gasteiger partial charge on any atom is 0.336 e. The third-order valence-electron chi connectivity index (χ3n) is 5.65. The summed E-state index contributed by atoms with van der Waals surface area (Å²) >= 11 is 0. The van der Waals surface area contributed by atoms with E-state index >= 15 is 0 Å². The van der Waals surface area contributed by atoms with E-state index in [1.165, 1.54) is 17.5 Å². The summed E-state index contributed by atoms with van der Waals surface area (Å²) in [7, 11) is 0. The van der Waals surface area contributed by atoms with Crippen molar-refractivity contribution >= 4 is 17.9 Å². The number of aliphatic carboxylic acids is 3. The summed E-state index contributed by atoms with van der Waals surface area (Å²) in [6.07, 6.45) is 5.64. The summed E-state index contributed by atoms with van der Waals surface area (Å²) in [5, 5.41) is 33.8. The largest absolute Gasteiger partial charge is 0.481 e. The van der Waals surface area contributed by atoms with Gasteiger partial charge < -0.3 is 29.9 Å². The van der Waals surface area contributed by atoms with Crippen LogP contribution in [0.25, 0.3) is 0 Å². The average Bonchev–Trinajstić information content (AvgIpc) is 3.36. The van der Waals surface area contributed by atoms with Crippen LogP contribution in [0, 0.1) is 12.3 Å². The van der Waals surface area contributed by atoms with Gasteiger partial charge >= 0.3 is 17.9 Å². The maximum atomic E-state index is 10.3. The Balaban J connectivity index is 0.000000332. The highest BCUT2D eigenvalue weighted by Crippen LogP contribution is 2.20. The SMILES string of the molecule is C#CCOc1cccc(CN(Cc2ccccc2)CC2CCCO2)c1.O=C(O)CC(O)(CC(=O)O)C(=O)O. The molecule has 0 saturated carbocycles. The number of carbonyl (C=O) groups is 3. The van der Waals surface area contributed by atoms with Crippen LogP contribution in [0.5, 0.6) is 5.75 Å². The maximum absolute atomic E-state index is 10.3. The number of carboxylic acid groups (broad SMARTS) is 3. The number of carboxylic acids is 3. The Labute approximate surface area is 221 Å². The van der Waals surface area contributed by atoms with Gasteiger partial charge in [-0.2, -0.15) is 0 Å². The predicted molar refractivity (Wildman–Crippen MR) is 137 cm³/mol. The Morgan fingerprint density at radius 2 is 1.63 bits per heavy atom. The zero-order valence-electron chi connectivity index (χ0n) is 21.0. The van der Waals surface area contributed by atoms with Crippen molar-refractivity contribution in [3.8, 4) is 18.1 Å².